The van der Waals surface area contributed by atoms with Crippen molar-refractivity contribution in [3.05, 3.63) is 46.5 Å². The quantitative estimate of drug-likeness (QED) is 0.424. The average Bonchev–Trinajstić information content (AvgIpc) is 2.55. The monoisotopic (exact) mass is 382 g/mol. The molecule has 0 bridgehead atoms. The number of anilines is 2. The van der Waals surface area contributed by atoms with Gasteiger partial charge >= 0.3 is 6.18 Å². The highest BCUT2D eigenvalue weighted by molar-refractivity contribution is 5.62. The largest absolute Gasteiger partial charge is 0.506 e. The summed E-state index contributed by atoms with van der Waals surface area (Å²) in [5.74, 6) is -2.42. The third-order valence-corrected chi connectivity index (χ3v) is 4.57. The molecule has 6 N–H and O–H groups in total. The van der Waals surface area contributed by atoms with Crippen LogP contribution in [-0.4, -0.2) is 16.4 Å². The van der Waals surface area contributed by atoms with E-state index in [9.17, 15) is 23.4 Å². The van der Waals surface area contributed by atoms with Crippen molar-refractivity contribution in [3.63, 3.8) is 0 Å². The summed E-state index contributed by atoms with van der Waals surface area (Å²) in [6, 6.07) is 4.99. The molecule has 0 amide bonds. The highest BCUT2D eigenvalue weighted by Gasteiger charge is 2.44. The first-order valence-corrected chi connectivity index (χ1v) is 8.89. The molecule has 0 fully saturated rings. The van der Waals surface area contributed by atoms with E-state index >= 15 is 0 Å². The second-order valence-corrected chi connectivity index (χ2v) is 6.69. The molecule has 27 heavy (non-hydrogen) atoms. The molecule has 2 rings (SSSR count). The van der Waals surface area contributed by atoms with Gasteiger partial charge in [0.05, 0.1) is 11.4 Å². The number of alkyl halides is 3. The smallest absolute Gasteiger partial charge is 0.399 e. The molecule has 0 aliphatic heterocycles. The molecular formula is C20H25F3N2O2. The van der Waals surface area contributed by atoms with Gasteiger partial charge in [-0.3, -0.25) is 0 Å². The Labute approximate surface area is 156 Å². The second kappa shape index (κ2) is 7.98. The number of benzene rings is 2. The molecular weight excluding hydrogens is 357 g/mol. The van der Waals surface area contributed by atoms with Gasteiger partial charge in [0.25, 0.3) is 0 Å². The van der Waals surface area contributed by atoms with Gasteiger partial charge in [0.15, 0.2) is 0 Å². The molecule has 0 unspecified atom stereocenters. The molecule has 0 spiro atoms. The first-order valence-electron chi connectivity index (χ1n) is 8.89. The fraction of sp³-hybridized carbons (Fsp3) is 0.400. The van der Waals surface area contributed by atoms with Gasteiger partial charge in [0.1, 0.15) is 17.4 Å². The lowest BCUT2D eigenvalue weighted by Gasteiger charge is -2.27. The Morgan fingerprint density at radius 3 is 1.48 bits per heavy atom. The highest BCUT2D eigenvalue weighted by Crippen LogP contribution is 2.46. The van der Waals surface area contributed by atoms with E-state index in [1.807, 2.05) is 13.8 Å². The maximum absolute atomic E-state index is 14.2. The molecule has 2 aromatic carbocycles. The summed E-state index contributed by atoms with van der Waals surface area (Å²) in [4.78, 5) is 0. The summed E-state index contributed by atoms with van der Waals surface area (Å²) in [7, 11) is 0. The molecule has 0 aromatic heterocycles. The van der Waals surface area contributed by atoms with Crippen LogP contribution in [0.1, 0.15) is 54.9 Å². The Morgan fingerprint density at radius 1 is 0.815 bits per heavy atom. The van der Waals surface area contributed by atoms with Crippen LogP contribution in [0.25, 0.3) is 0 Å². The van der Waals surface area contributed by atoms with E-state index in [4.69, 9.17) is 11.5 Å². The summed E-state index contributed by atoms with van der Waals surface area (Å²) < 4.78 is 42.6. The predicted molar refractivity (Wildman–Crippen MR) is 101 cm³/mol. The molecule has 0 saturated carbocycles. The first kappa shape index (κ1) is 20.7. The molecule has 148 valence electrons. The van der Waals surface area contributed by atoms with Crippen LogP contribution in [0.5, 0.6) is 11.5 Å². The summed E-state index contributed by atoms with van der Waals surface area (Å²) in [6.07, 6.45) is -2.64. The van der Waals surface area contributed by atoms with E-state index in [0.717, 1.165) is 0 Å². The van der Waals surface area contributed by atoms with Gasteiger partial charge in [0.2, 0.25) is 0 Å². The zero-order valence-corrected chi connectivity index (χ0v) is 15.4. The molecule has 0 saturated heterocycles. The lowest BCUT2D eigenvalue weighted by Crippen LogP contribution is -2.25. The van der Waals surface area contributed by atoms with Crippen LogP contribution < -0.4 is 11.5 Å². The normalized spacial score (nSPS) is 11.9. The van der Waals surface area contributed by atoms with Crippen LogP contribution >= 0.6 is 0 Å². The number of halogens is 3. The minimum absolute atomic E-state index is 0.00194. The number of hydrogen-bond acceptors (Lipinski definition) is 4. The second-order valence-electron chi connectivity index (χ2n) is 6.69. The Bertz CT molecular complexity index is 758. The van der Waals surface area contributed by atoms with E-state index < -0.39 is 12.1 Å². The van der Waals surface area contributed by atoms with Crippen LogP contribution in [0.2, 0.25) is 0 Å². The highest BCUT2D eigenvalue weighted by atomic mass is 19.4. The Hall–Kier alpha value is -2.57. The van der Waals surface area contributed by atoms with Gasteiger partial charge in [-0.1, -0.05) is 26.7 Å². The van der Waals surface area contributed by atoms with Crippen LogP contribution in [0.4, 0.5) is 24.5 Å². The number of phenolic OH excluding ortho intramolecular Hbond substituents is 2. The maximum Gasteiger partial charge on any atom is 0.399 e. The summed E-state index contributed by atoms with van der Waals surface area (Å²) >= 11 is 0. The van der Waals surface area contributed by atoms with E-state index in [2.05, 4.69) is 0 Å². The van der Waals surface area contributed by atoms with Crippen molar-refractivity contribution in [3.8, 4) is 11.5 Å². The van der Waals surface area contributed by atoms with E-state index in [1.54, 1.807) is 0 Å². The van der Waals surface area contributed by atoms with Crippen molar-refractivity contribution in [2.45, 2.75) is 51.6 Å². The van der Waals surface area contributed by atoms with E-state index in [-0.39, 0.29) is 34.0 Å². The summed E-state index contributed by atoms with van der Waals surface area (Å²) in [5, 5.41) is 19.7. The zero-order chi connectivity index (χ0) is 20.4. The summed E-state index contributed by atoms with van der Waals surface area (Å²) in [6.45, 7) is 3.70. The standard InChI is InChI=1S/C20H25F3N2O2/c1-3-5-11-7-17(26)15(24)9-13(11)19(20(21,22)23)14-10-16(25)18(27)8-12(14)6-4-2/h7-10,19,26-27H,3-6,24-25H2,1-2H3. The van der Waals surface area contributed by atoms with Crippen molar-refractivity contribution >= 4 is 11.4 Å². The van der Waals surface area contributed by atoms with Gasteiger partial charge < -0.3 is 21.7 Å². The predicted octanol–water partition coefficient (Wildman–Crippen LogP) is 4.86. The third-order valence-electron chi connectivity index (χ3n) is 4.57. The molecule has 0 heterocycles. The lowest BCUT2D eigenvalue weighted by molar-refractivity contribution is -0.141. The summed E-state index contributed by atoms with van der Waals surface area (Å²) in [5.41, 5.74) is 12.0. The van der Waals surface area contributed by atoms with Gasteiger partial charge in [0, 0.05) is 0 Å². The zero-order valence-electron chi connectivity index (χ0n) is 15.4. The fourth-order valence-electron chi connectivity index (χ4n) is 3.36. The SMILES string of the molecule is CCCc1cc(O)c(N)cc1C(c1cc(N)c(O)cc1CCC)C(F)(F)F. The Kier molecular flexibility index (Phi) is 6.13. The topological polar surface area (TPSA) is 92.5 Å². The number of nitrogen functional groups attached to an aromatic ring is 2. The number of aromatic hydroxyl groups is 2. The van der Waals surface area contributed by atoms with Crippen molar-refractivity contribution < 1.29 is 23.4 Å². The molecule has 0 aliphatic rings. The lowest BCUT2D eigenvalue weighted by atomic mass is 9.82. The third kappa shape index (κ3) is 4.40. The molecule has 0 atom stereocenters. The van der Waals surface area contributed by atoms with Crippen molar-refractivity contribution in [2.75, 3.05) is 11.5 Å². The van der Waals surface area contributed by atoms with E-state index in [1.165, 1.54) is 24.3 Å². The maximum atomic E-state index is 14.2. The van der Waals surface area contributed by atoms with Crippen molar-refractivity contribution in [1.29, 1.82) is 0 Å². The minimum atomic E-state index is -4.60. The molecule has 0 aliphatic carbocycles. The van der Waals surface area contributed by atoms with Crippen LogP contribution in [0, 0.1) is 0 Å². The molecule has 7 heteroatoms. The molecule has 2 aromatic rings. The first-order chi connectivity index (χ1) is 12.6. The number of phenols is 2. The number of aryl methyl sites for hydroxylation is 2. The Morgan fingerprint density at radius 2 is 1.19 bits per heavy atom. The Balaban J connectivity index is 2.80. The van der Waals surface area contributed by atoms with Crippen molar-refractivity contribution in [2.24, 2.45) is 0 Å². The molecule has 0 radical (unpaired) electrons. The van der Waals surface area contributed by atoms with Gasteiger partial charge in [-0.25, -0.2) is 0 Å². The number of nitrogens with two attached hydrogens (primary N) is 2. The number of rotatable bonds is 6. The fourth-order valence-corrected chi connectivity index (χ4v) is 3.36. The van der Waals surface area contributed by atoms with Gasteiger partial charge in [-0.05, 0) is 59.4 Å². The average molecular weight is 382 g/mol. The van der Waals surface area contributed by atoms with Gasteiger partial charge in [-0.15, -0.1) is 0 Å². The van der Waals surface area contributed by atoms with Crippen LogP contribution in [0.15, 0.2) is 24.3 Å². The number of hydrogen-bond donors (Lipinski definition) is 4. The minimum Gasteiger partial charge on any atom is -0.506 e. The molecule has 4 nitrogen and oxygen atoms in total. The van der Waals surface area contributed by atoms with Crippen LogP contribution in [0.3, 0.4) is 0 Å². The van der Waals surface area contributed by atoms with E-state index in [0.29, 0.717) is 36.8 Å². The van der Waals surface area contributed by atoms with Crippen LogP contribution in [-0.2, 0) is 12.8 Å². The van der Waals surface area contributed by atoms with Gasteiger partial charge in [-0.2, -0.15) is 13.2 Å². The van der Waals surface area contributed by atoms with Crippen molar-refractivity contribution in [1.82, 2.24) is 0 Å².